The fourth-order valence-corrected chi connectivity index (χ4v) is 1.71. The summed E-state index contributed by atoms with van der Waals surface area (Å²) in [6.45, 7) is 1.31. The van der Waals surface area contributed by atoms with Crippen LogP contribution in [0.4, 0.5) is 5.69 Å². The largest absolute Gasteiger partial charge is 0.486 e. The highest BCUT2D eigenvalue weighted by Gasteiger charge is 2.18. The van der Waals surface area contributed by atoms with Crippen LogP contribution in [-0.2, 0) is 9.53 Å². The van der Waals surface area contributed by atoms with Crippen molar-refractivity contribution in [3.63, 3.8) is 0 Å². The summed E-state index contributed by atoms with van der Waals surface area (Å²) in [6, 6.07) is 4.91. The summed E-state index contributed by atoms with van der Waals surface area (Å²) in [4.78, 5) is 13.5. The molecule has 5 heteroatoms. The van der Waals surface area contributed by atoms with E-state index < -0.39 is 0 Å². The first-order valence-corrected chi connectivity index (χ1v) is 5.29. The van der Waals surface area contributed by atoms with Crippen LogP contribution in [0.5, 0.6) is 5.75 Å². The molecule has 2 rings (SSSR count). The standard InChI is InChI=1S/C11H10ClNO3/c12-10-5-8(13-7-14)1-2-11(10)16-9-3-4-15-6-9/h1-2,5,9H,3-4,6H2. The molecule has 1 atom stereocenters. The van der Waals surface area contributed by atoms with Gasteiger partial charge in [0, 0.05) is 6.42 Å². The number of carbonyl (C=O) groups excluding carboxylic acids is 1. The Bertz CT molecular complexity index is 423. The molecule has 16 heavy (non-hydrogen) atoms. The van der Waals surface area contributed by atoms with E-state index >= 15 is 0 Å². The van der Waals surface area contributed by atoms with Gasteiger partial charge in [-0.1, -0.05) is 11.6 Å². The Balaban J connectivity index is 2.12. The van der Waals surface area contributed by atoms with E-state index in [4.69, 9.17) is 21.1 Å². The molecule has 0 bridgehead atoms. The summed E-state index contributed by atoms with van der Waals surface area (Å²) in [5.74, 6) is 0.585. The second kappa shape index (κ2) is 5.12. The third kappa shape index (κ3) is 2.61. The molecule has 1 fully saturated rings. The van der Waals surface area contributed by atoms with Gasteiger partial charge in [-0.3, -0.25) is 0 Å². The topological polar surface area (TPSA) is 47.9 Å². The molecule has 1 saturated heterocycles. The van der Waals surface area contributed by atoms with Crippen molar-refractivity contribution in [1.29, 1.82) is 0 Å². The Morgan fingerprint density at radius 2 is 2.44 bits per heavy atom. The van der Waals surface area contributed by atoms with Gasteiger partial charge in [0.05, 0.1) is 23.9 Å². The average molecular weight is 240 g/mol. The third-order valence-electron chi connectivity index (χ3n) is 2.27. The maximum atomic E-state index is 10.1. The molecule has 0 aliphatic carbocycles. The zero-order valence-corrected chi connectivity index (χ0v) is 9.24. The van der Waals surface area contributed by atoms with Crippen LogP contribution < -0.4 is 4.74 Å². The lowest BCUT2D eigenvalue weighted by Crippen LogP contribution is -2.15. The van der Waals surface area contributed by atoms with Crippen molar-refractivity contribution >= 4 is 23.4 Å². The van der Waals surface area contributed by atoms with Crippen molar-refractivity contribution in [2.45, 2.75) is 12.5 Å². The lowest BCUT2D eigenvalue weighted by molar-refractivity contribution is 0.141. The molecule has 1 heterocycles. The van der Waals surface area contributed by atoms with Gasteiger partial charge >= 0.3 is 0 Å². The van der Waals surface area contributed by atoms with Crippen molar-refractivity contribution in [1.82, 2.24) is 0 Å². The Hall–Kier alpha value is -1.35. The fraction of sp³-hybridized carbons (Fsp3) is 0.364. The van der Waals surface area contributed by atoms with Crippen LogP contribution in [0, 0.1) is 0 Å². The van der Waals surface area contributed by atoms with Crippen molar-refractivity contribution in [2.24, 2.45) is 4.99 Å². The van der Waals surface area contributed by atoms with Gasteiger partial charge in [-0.15, -0.1) is 0 Å². The summed E-state index contributed by atoms with van der Waals surface area (Å²) in [5, 5.41) is 0.434. The maximum Gasteiger partial charge on any atom is 0.240 e. The summed E-state index contributed by atoms with van der Waals surface area (Å²) in [6.07, 6.45) is 2.38. The summed E-state index contributed by atoms with van der Waals surface area (Å²) in [5.41, 5.74) is 0.468. The molecule has 0 N–H and O–H groups in total. The molecule has 0 spiro atoms. The highest BCUT2D eigenvalue weighted by molar-refractivity contribution is 6.32. The van der Waals surface area contributed by atoms with Gasteiger partial charge in [0.15, 0.2) is 0 Å². The van der Waals surface area contributed by atoms with E-state index in [-0.39, 0.29) is 6.10 Å². The molecule has 0 amide bonds. The van der Waals surface area contributed by atoms with E-state index in [0.29, 0.717) is 23.1 Å². The van der Waals surface area contributed by atoms with Gasteiger partial charge in [-0.2, -0.15) is 4.99 Å². The zero-order valence-electron chi connectivity index (χ0n) is 8.48. The van der Waals surface area contributed by atoms with E-state index in [2.05, 4.69) is 4.99 Å². The molecule has 1 aliphatic heterocycles. The lowest BCUT2D eigenvalue weighted by Gasteiger charge is -2.12. The Morgan fingerprint density at radius 1 is 1.56 bits per heavy atom. The number of aliphatic imine (C=N–C) groups is 1. The number of ether oxygens (including phenoxy) is 2. The van der Waals surface area contributed by atoms with E-state index in [1.165, 1.54) is 6.08 Å². The fourth-order valence-electron chi connectivity index (χ4n) is 1.49. The van der Waals surface area contributed by atoms with Gasteiger partial charge in [-0.25, -0.2) is 4.79 Å². The molecule has 0 saturated carbocycles. The molecule has 0 aromatic heterocycles. The molecule has 1 aromatic carbocycles. The van der Waals surface area contributed by atoms with Gasteiger partial charge in [0.2, 0.25) is 6.08 Å². The van der Waals surface area contributed by atoms with Crippen molar-refractivity contribution in [2.75, 3.05) is 13.2 Å². The monoisotopic (exact) mass is 239 g/mol. The van der Waals surface area contributed by atoms with Crippen molar-refractivity contribution in [3.8, 4) is 5.75 Å². The number of isocyanates is 1. The third-order valence-corrected chi connectivity index (χ3v) is 2.57. The molecule has 1 unspecified atom stereocenters. The van der Waals surface area contributed by atoms with Crippen LogP contribution >= 0.6 is 11.6 Å². The van der Waals surface area contributed by atoms with Gasteiger partial charge in [0.1, 0.15) is 11.9 Å². The molecule has 1 aliphatic rings. The van der Waals surface area contributed by atoms with E-state index in [0.717, 1.165) is 13.0 Å². The Kier molecular flexibility index (Phi) is 3.57. The number of hydrogen-bond donors (Lipinski definition) is 0. The summed E-state index contributed by atoms with van der Waals surface area (Å²) < 4.78 is 10.8. The van der Waals surface area contributed by atoms with Crippen LogP contribution in [-0.4, -0.2) is 25.4 Å². The van der Waals surface area contributed by atoms with Gasteiger partial charge < -0.3 is 9.47 Å². The Morgan fingerprint density at radius 3 is 3.06 bits per heavy atom. The number of halogens is 1. The highest BCUT2D eigenvalue weighted by Crippen LogP contribution is 2.30. The molecule has 1 aromatic rings. The number of benzene rings is 1. The number of hydrogen-bond acceptors (Lipinski definition) is 4. The first kappa shape index (κ1) is 11.1. The van der Waals surface area contributed by atoms with Crippen LogP contribution in [0.25, 0.3) is 0 Å². The van der Waals surface area contributed by atoms with Crippen LogP contribution in [0.15, 0.2) is 23.2 Å². The first-order chi connectivity index (χ1) is 7.79. The maximum absolute atomic E-state index is 10.1. The lowest BCUT2D eigenvalue weighted by atomic mass is 10.3. The van der Waals surface area contributed by atoms with Crippen LogP contribution in [0.1, 0.15) is 6.42 Å². The molecular weight excluding hydrogens is 230 g/mol. The quantitative estimate of drug-likeness (QED) is 0.601. The number of rotatable bonds is 3. The van der Waals surface area contributed by atoms with Crippen LogP contribution in [0.3, 0.4) is 0 Å². The molecule has 0 radical (unpaired) electrons. The SMILES string of the molecule is O=C=Nc1ccc(OC2CCOC2)c(Cl)c1. The second-order valence-corrected chi connectivity index (χ2v) is 3.83. The minimum Gasteiger partial charge on any atom is -0.486 e. The van der Waals surface area contributed by atoms with E-state index in [1.54, 1.807) is 18.2 Å². The summed E-state index contributed by atoms with van der Waals surface area (Å²) >= 11 is 5.99. The minimum absolute atomic E-state index is 0.0536. The van der Waals surface area contributed by atoms with E-state index in [9.17, 15) is 4.79 Å². The molecular formula is C11H10ClNO3. The van der Waals surface area contributed by atoms with Gasteiger partial charge in [-0.05, 0) is 18.2 Å². The second-order valence-electron chi connectivity index (χ2n) is 3.42. The predicted molar refractivity (Wildman–Crippen MR) is 59.1 cm³/mol. The van der Waals surface area contributed by atoms with Gasteiger partial charge in [0.25, 0.3) is 0 Å². The number of nitrogens with zero attached hydrogens (tertiary/aromatic N) is 1. The van der Waals surface area contributed by atoms with Crippen molar-refractivity contribution < 1.29 is 14.3 Å². The van der Waals surface area contributed by atoms with Crippen LogP contribution in [0.2, 0.25) is 5.02 Å². The zero-order chi connectivity index (χ0) is 11.4. The Labute approximate surface area is 97.8 Å². The average Bonchev–Trinajstić information content (AvgIpc) is 2.75. The molecule has 84 valence electrons. The molecule has 4 nitrogen and oxygen atoms in total. The predicted octanol–water partition coefficient (Wildman–Crippen LogP) is 2.48. The highest BCUT2D eigenvalue weighted by atomic mass is 35.5. The normalized spacial score (nSPS) is 19.2. The van der Waals surface area contributed by atoms with E-state index in [1.807, 2.05) is 0 Å². The minimum atomic E-state index is 0.0536. The smallest absolute Gasteiger partial charge is 0.240 e. The first-order valence-electron chi connectivity index (χ1n) is 4.91. The summed E-state index contributed by atoms with van der Waals surface area (Å²) in [7, 11) is 0. The van der Waals surface area contributed by atoms with Crippen molar-refractivity contribution in [3.05, 3.63) is 23.2 Å².